The summed E-state index contributed by atoms with van der Waals surface area (Å²) in [5.41, 5.74) is 1.14. The van der Waals surface area contributed by atoms with E-state index in [1.54, 1.807) is 0 Å². The van der Waals surface area contributed by atoms with Gasteiger partial charge in [0.2, 0.25) is 0 Å². The van der Waals surface area contributed by atoms with Gasteiger partial charge in [0, 0.05) is 12.1 Å². The van der Waals surface area contributed by atoms with Gasteiger partial charge in [-0.05, 0) is 38.3 Å². The van der Waals surface area contributed by atoms with Gasteiger partial charge in [-0.25, -0.2) is 0 Å². The van der Waals surface area contributed by atoms with Crippen molar-refractivity contribution in [1.82, 2.24) is 5.32 Å². The van der Waals surface area contributed by atoms with Gasteiger partial charge in [-0.3, -0.25) is 0 Å². The summed E-state index contributed by atoms with van der Waals surface area (Å²) in [7, 11) is 0. The molecular formula is C17H27NO. The Morgan fingerprint density at radius 2 is 2.00 bits per heavy atom. The Morgan fingerprint density at radius 1 is 1.21 bits per heavy atom. The number of para-hydroxylation sites is 1. The molecule has 0 aliphatic rings. The van der Waals surface area contributed by atoms with Gasteiger partial charge in [0.05, 0.1) is 0 Å². The quantitative estimate of drug-likeness (QED) is 0.675. The van der Waals surface area contributed by atoms with Crippen molar-refractivity contribution in [3.8, 4) is 5.75 Å². The summed E-state index contributed by atoms with van der Waals surface area (Å²) in [6.07, 6.45) is 6.64. The van der Waals surface area contributed by atoms with Crippen LogP contribution in [0.2, 0.25) is 0 Å². The van der Waals surface area contributed by atoms with Crippen molar-refractivity contribution >= 4 is 6.08 Å². The summed E-state index contributed by atoms with van der Waals surface area (Å²) in [6.45, 7) is 9.26. The van der Waals surface area contributed by atoms with Crippen LogP contribution < -0.4 is 10.1 Å². The van der Waals surface area contributed by atoms with Gasteiger partial charge in [0.15, 0.2) is 0 Å². The van der Waals surface area contributed by atoms with Crippen molar-refractivity contribution in [2.24, 2.45) is 5.92 Å². The molecule has 106 valence electrons. The van der Waals surface area contributed by atoms with Crippen molar-refractivity contribution in [2.75, 3.05) is 19.7 Å². The smallest absolute Gasteiger partial charge is 0.126 e. The van der Waals surface area contributed by atoms with Crippen LogP contribution in [0.4, 0.5) is 0 Å². The summed E-state index contributed by atoms with van der Waals surface area (Å²) in [6, 6.07) is 8.14. The van der Waals surface area contributed by atoms with E-state index in [4.69, 9.17) is 4.74 Å². The minimum atomic E-state index is 0.718. The molecule has 0 saturated heterocycles. The summed E-state index contributed by atoms with van der Waals surface area (Å²) < 4.78 is 5.80. The van der Waals surface area contributed by atoms with Crippen LogP contribution in [-0.4, -0.2) is 19.7 Å². The highest BCUT2D eigenvalue weighted by Gasteiger charge is 1.99. The summed E-state index contributed by atoms with van der Waals surface area (Å²) in [5.74, 6) is 1.76. The second-order valence-corrected chi connectivity index (χ2v) is 5.17. The highest BCUT2D eigenvalue weighted by atomic mass is 16.5. The molecule has 0 aromatic heterocycles. The molecule has 0 heterocycles. The van der Waals surface area contributed by atoms with E-state index in [2.05, 4.69) is 31.3 Å². The van der Waals surface area contributed by atoms with Crippen molar-refractivity contribution in [1.29, 1.82) is 0 Å². The van der Waals surface area contributed by atoms with E-state index in [9.17, 15) is 0 Å². The lowest BCUT2D eigenvalue weighted by Gasteiger charge is -2.10. The van der Waals surface area contributed by atoms with Crippen molar-refractivity contribution < 1.29 is 4.74 Å². The third-order valence-corrected chi connectivity index (χ3v) is 2.94. The number of rotatable bonds is 9. The predicted octanol–water partition coefficient (Wildman–Crippen LogP) is 4.12. The van der Waals surface area contributed by atoms with Gasteiger partial charge in [0.25, 0.3) is 0 Å². The molecule has 2 nitrogen and oxygen atoms in total. The zero-order valence-electron chi connectivity index (χ0n) is 12.5. The van der Waals surface area contributed by atoms with Crippen LogP contribution in [0.5, 0.6) is 5.75 Å². The van der Waals surface area contributed by atoms with Crippen LogP contribution >= 0.6 is 0 Å². The van der Waals surface area contributed by atoms with E-state index in [1.165, 1.54) is 12.8 Å². The number of hydrogen-bond acceptors (Lipinski definition) is 2. The van der Waals surface area contributed by atoms with E-state index < -0.39 is 0 Å². The van der Waals surface area contributed by atoms with Gasteiger partial charge in [-0.15, -0.1) is 0 Å². The second kappa shape index (κ2) is 9.62. The average Bonchev–Trinajstić information content (AvgIpc) is 2.39. The van der Waals surface area contributed by atoms with Crippen LogP contribution in [0.1, 0.15) is 39.2 Å². The number of hydrogen-bond donors (Lipinski definition) is 1. The molecular weight excluding hydrogens is 234 g/mol. The van der Waals surface area contributed by atoms with Gasteiger partial charge >= 0.3 is 0 Å². The molecule has 0 aliphatic heterocycles. The standard InChI is InChI=1S/C17H27NO/c1-4-8-16-10-5-6-11-17(16)19-14-13-18-12-7-9-15(2)3/h4-6,8,10-11,15,18H,7,9,12-14H2,1-3H3. The van der Waals surface area contributed by atoms with Gasteiger partial charge < -0.3 is 10.1 Å². The largest absolute Gasteiger partial charge is 0.492 e. The van der Waals surface area contributed by atoms with Crippen molar-refractivity contribution in [3.05, 3.63) is 35.9 Å². The van der Waals surface area contributed by atoms with Crippen LogP contribution in [0.25, 0.3) is 6.08 Å². The minimum absolute atomic E-state index is 0.718. The molecule has 0 saturated carbocycles. The zero-order chi connectivity index (χ0) is 13.9. The Labute approximate surface area is 117 Å². The maximum atomic E-state index is 5.80. The first-order chi connectivity index (χ1) is 9.24. The molecule has 1 aromatic carbocycles. The number of nitrogens with one attached hydrogen (secondary N) is 1. The Bertz CT molecular complexity index is 371. The van der Waals surface area contributed by atoms with Gasteiger partial charge in [-0.1, -0.05) is 44.2 Å². The van der Waals surface area contributed by atoms with Crippen molar-refractivity contribution in [2.45, 2.75) is 33.6 Å². The average molecular weight is 261 g/mol. The fourth-order valence-corrected chi connectivity index (χ4v) is 1.92. The molecule has 0 radical (unpaired) electrons. The van der Waals surface area contributed by atoms with E-state index in [0.717, 1.165) is 36.9 Å². The maximum absolute atomic E-state index is 5.80. The fraction of sp³-hybridized carbons (Fsp3) is 0.529. The van der Waals surface area contributed by atoms with E-state index >= 15 is 0 Å². The summed E-state index contributed by atoms with van der Waals surface area (Å²) >= 11 is 0. The minimum Gasteiger partial charge on any atom is -0.492 e. The maximum Gasteiger partial charge on any atom is 0.126 e. The Kier molecular flexibility index (Phi) is 7.99. The van der Waals surface area contributed by atoms with Crippen LogP contribution in [0, 0.1) is 5.92 Å². The van der Waals surface area contributed by atoms with Crippen LogP contribution in [-0.2, 0) is 0 Å². The first-order valence-electron chi connectivity index (χ1n) is 7.29. The fourth-order valence-electron chi connectivity index (χ4n) is 1.92. The zero-order valence-corrected chi connectivity index (χ0v) is 12.5. The SMILES string of the molecule is CC=Cc1ccccc1OCCNCCCC(C)C. The highest BCUT2D eigenvalue weighted by Crippen LogP contribution is 2.19. The normalized spacial score (nSPS) is 11.4. The van der Waals surface area contributed by atoms with Crippen LogP contribution in [0.15, 0.2) is 30.3 Å². The molecule has 1 N–H and O–H groups in total. The van der Waals surface area contributed by atoms with Crippen molar-refractivity contribution in [3.63, 3.8) is 0 Å². The molecule has 0 spiro atoms. The van der Waals surface area contributed by atoms with Crippen LogP contribution in [0.3, 0.4) is 0 Å². The topological polar surface area (TPSA) is 21.3 Å². The second-order valence-electron chi connectivity index (χ2n) is 5.17. The third kappa shape index (κ3) is 7.02. The van der Waals surface area contributed by atoms with Gasteiger partial charge in [0.1, 0.15) is 12.4 Å². The lowest BCUT2D eigenvalue weighted by Crippen LogP contribution is -2.22. The lowest BCUT2D eigenvalue weighted by molar-refractivity contribution is 0.312. The number of allylic oxidation sites excluding steroid dienone is 1. The van der Waals surface area contributed by atoms with E-state index in [-0.39, 0.29) is 0 Å². The predicted molar refractivity (Wildman–Crippen MR) is 83.6 cm³/mol. The molecule has 0 amide bonds. The van der Waals surface area contributed by atoms with E-state index in [1.807, 2.05) is 31.2 Å². The first kappa shape index (κ1) is 15.8. The number of ether oxygens (including phenoxy) is 1. The first-order valence-corrected chi connectivity index (χ1v) is 7.29. The Hall–Kier alpha value is -1.28. The van der Waals surface area contributed by atoms with Gasteiger partial charge in [-0.2, -0.15) is 0 Å². The summed E-state index contributed by atoms with van der Waals surface area (Å²) in [5, 5.41) is 3.42. The molecule has 2 heteroatoms. The molecule has 1 rings (SSSR count). The van der Waals surface area contributed by atoms with E-state index in [0.29, 0.717) is 0 Å². The molecule has 0 atom stereocenters. The third-order valence-electron chi connectivity index (χ3n) is 2.94. The molecule has 0 unspecified atom stereocenters. The Morgan fingerprint density at radius 3 is 2.74 bits per heavy atom. The summed E-state index contributed by atoms with van der Waals surface area (Å²) in [4.78, 5) is 0. The Balaban J connectivity index is 2.19. The molecule has 0 fully saturated rings. The lowest BCUT2D eigenvalue weighted by atomic mass is 10.1. The molecule has 0 bridgehead atoms. The molecule has 1 aromatic rings. The highest BCUT2D eigenvalue weighted by molar-refractivity contribution is 5.56. The molecule has 19 heavy (non-hydrogen) atoms. The monoisotopic (exact) mass is 261 g/mol. The molecule has 0 aliphatic carbocycles. The number of benzene rings is 1.